The number of hydrazone groups is 1. The van der Waals surface area contributed by atoms with E-state index in [1.807, 2.05) is 48.5 Å². The Morgan fingerprint density at radius 2 is 2.07 bits per heavy atom. The first kappa shape index (κ1) is 19.3. The second kappa shape index (κ2) is 9.48. The van der Waals surface area contributed by atoms with Gasteiger partial charge in [-0.1, -0.05) is 58.4 Å². The van der Waals surface area contributed by atoms with Crippen molar-refractivity contribution in [3.63, 3.8) is 0 Å². The molecule has 7 nitrogen and oxygen atoms in total. The minimum atomic E-state index is -0.528. The molecule has 3 aromatic rings. The third kappa shape index (κ3) is 4.84. The van der Waals surface area contributed by atoms with Gasteiger partial charge in [0.25, 0.3) is 5.56 Å². The molecule has 0 amide bonds. The van der Waals surface area contributed by atoms with Gasteiger partial charge in [0.2, 0.25) is 5.95 Å². The first-order valence-electron chi connectivity index (χ1n) is 8.39. The second-order valence-electron chi connectivity index (χ2n) is 5.60. The molecule has 1 aromatic heterocycles. The molecule has 2 aromatic carbocycles. The molecule has 0 radical (unpaired) electrons. The average molecular weight is 438 g/mol. The van der Waals surface area contributed by atoms with E-state index in [9.17, 15) is 10.1 Å². The van der Waals surface area contributed by atoms with E-state index < -0.39 is 5.56 Å². The van der Waals surface area contributed by atoms with Crippen molar-refractivity contribution in [2.75, 3.05) is 17.4 Å². The number of nitrogens with zero attached hydrogens (tertiary/aromatic N) is 3. The fourth-order valence-electron chi connectivity index (χ4n) is 2.44. The van der Waals surface area contributed by atoms with Gasteiger partial charge in [0.05, 0.1) is 18.5 Å². The van der Waals surface area contributed by atoms with E-state index in [4.69, 9.17) is 4.74 Å². The number of rotatable bonds is 7. The van der Waals surface area contributed by atoms with Crippen LogP contribution in [0.1, 0.15) is 11.1 Å². The van der Waals surface area contributed by atoms with E-state index in [-0.39, 0.29) is 11.5 Å². The standard InChI is InChI=1S/C20H16BrN5O2/c21-9-10-28-16-8-4-5-14(11-16)13-23-26-20-24-18(15-6-2-1-3-7-15)17(12-22)19(27)25-20/h1-8,11,13H,9-10H2,(H2,24,25,26,27). The van der Waals surface area contributed by atoms with Crippen molar-refractivity contribution in [3.05, 3.63) is 76.1 Å². The number of aromatic nitrogens is 2. The van der Waals surface area contributed by atoms with Crippen LogP contribution in [0.2, 0.25) is 0 Å². The topological polar surface area (TPSA) is 103 Å². The number of ether oxygens (including phenoxy) is 1. The summed E-state index contributed by atoms with van der Waals surface area (Å²) in [6.45, 7) is 0.567. The summed E-state index contributed by atoms with van der Waals surface area (Å²) >= 11 is 3.31. The van der Waals surface area contributed by atoms with Gasteiger partial charge < -0.3 is 4.74 Å². The maximum Gasteiger partial charge on any atom is 0.270 e. The number of H-pyrrole nitrogens is 1. The summed E-state index contributed by atoms with van der Waals surface area (Å²) in [6, 6.07) is 18.4. The Labute approximate surface area is 169 Å². The van der Waals surface area contributed by atoms with Crippen molar-refractivity contribution in [2.24, 2.45) is 5.10 Å². The van der Waals surface area contributed by atoms with Gasteiger partial charge in [0.1, 0.15) is 17.4 Å². The first-order valence-corrected chi connectivity index (χ1v) is 9.51. The second-order valence-corrected chi connectivity index (χ2v) is 6.39. The largest absolute Gasteiger partial charge is 0.493 e. The third-order valence-corrected chi connectivity index (χ3v) is 3.99. The van der Waals surface area contributed by atoms with Crippen molar-refractivity contribution in [1.29, 1.82) is 5.26 Å². The van der Waals surface area contributed by atoms with Crippen molar-refractivity contribution >= 4 is 28.1 Å². The Morgan fingerprint density at radius 1 is 1.25 bits per heavy atom. The lowest BCUT2D eigenvalue weighted by molar-refractivity contribution is 0.345. The molecule has 0 spiro atoms. The molecular weight excluding hydrogens is 422 g/mol. The SMILES string of the molecule is N#Cc1c(-c2ccccc2)nc(NN=Cc2cccc(OCCBr)c2)[nH]c1=O. The van der Waals surface area contributed by atoms with Crippen LogP contribution in [0.4, 0.5) is 5.95 Å². The Hall–Kier alpha value is -3.44. The van der Waals surface area contributed by atoms with Gasteiger partial charge in [0.15, 0.2) is 0 Å². The molecule has 3 rings (SSSR count). The highest BCUT2D eigenvalue weighted by atomic mass is 79.9. The molecule has 8 heteroatoms. The molecule has 0 bridgehead atoms. The van der Waals surface area contributed by atoms with Gasteiger partial charge in [-0.25, -0.2) is 10.4 Å². The van der Waals surface area contributed by atoms with Crippen LogP contribution < -0.4 is 15.7 Å². The van der Waals surface area contributed by atoms with Crippen LogP contribution in [-0.2, 0) is 0 Å². The van der Waals surface area contributed by atoms with E-state index in [1.165, 1.54) is 0 Å². The van der Waals surface area contributed by atoms with Crippen LogP contribution >= 0.6 is 15.9 Å². The van der Waals surface area contributed by atoms with Crippen LogP contribution in [0, 0.1) is 11.3 Å². The number of nitriles is 1. The van der Waals surface area contributed by atoms with Gasteiger partial charge in [-0.3, -0.25) is 9.78 Å². The van der Waals surface area contributed by atoms with E-state index in [2.05, 4.69) is 36.4 Å². The van der Waals surface area contributed by atoms with E-state index in [1.54, 1.807) is 18.3 Å². The molecule has 2 N–H and O–H groups in total. The van der Waals surface area contributed by atoms with Crippen molar-refractivity contribution in [2.45, 2.75) is 0 Å². The Kier molecular flexibility index (Phi) is 6.54. The molecule has 0 aliphatic rings. The Morgan fingerprint density at radius 3 is 2.82 bits per heavy atom. The van der Waals surface area contributed by atoms with E-state index in [0.717, 1.165) is 16.6 Å². The summed E-state index contributed by atoms with van der Waals surface area (Å²) < 4.78 is 5.55. The summed E-state index contributed by atoms with van der Waals surface area (Å²) in [5.74, 6) is 0.880. The highest BCUT2D eigenvalue weighted by Crippen LogP contribution is 2.19. The number of hydrogen-bond donors (Lipinski definition) is 2. The van der Waals surface area contributed by atoms with Crippen molar-refractivity contribution in [3.8, 4) is 23.1 Å². The molecule has 0 aliphatic heterocycles. The highest BCUT2D eigenvalue weighted by Gasteiger charge is 2.12. The Bertz CT molecular complexity index is 1070. The van der Waals surface area contributed by atoms with Gasteiger partial charge in [-0.15, -0.1) is 0 Å². The third-order valence-electron chi connectivity index (χ3n) is 3.67. The van der Waals surface area contributed by atoms with Gasteiger partial charge >= 0.3 is 0 Å². The smallest absolute Gasteiger partial charge is 0.270 e. The van der Waals surface area contributed by atoms with Gasteiger partial charge in [0, 0.05) is 10.9 Å². The molecule has 0 saturated carbocycles. The summed E-state index contributed by atoms with van der Waals surface area (Å²) in [7, 11) is 0. The van der Waals surface area contributed by atoms with Crippen molar-refractivity contribution in [1.82, 2.24) is 9.97 Å². The lowest BCUT2D eigenvalue weighted by atomic mass is 10.1. The number of alkyl halides is 1. The monoisotopic (exact) mass is 437 g/mol. The van der Waals surface area contributed by atoms with Gasteiger partial charge in [-0.05, 0) is 17.7 Å². The lowest BCUT2D eigenvalue weighted by Gasteiger charge is -2.06. The number of nitrogens with one attached hydrogen (secondary N) is 2. The fourth-order valence-corrected chi connectivity index (χ4v) is 2.61. The van der Waals surface area contributed by atoms with Crippen LogP contribution in [0.3, 0.4) is 0 Å². The zero-order valence-corrected chi connectivity index (χ0v) is 16.3. The maximum atomic E-state index is 12.2. The molecule has 1 heterocycles. The summed E-state index contributed by atoms with van der Waals surface area (Å²) in [4.78, 5) is 19.1. The minimum Gasteiger partial charge on any atom is -0.493 e. The summed E-state index contributed by atoms with van der Waals surface area (Å²) in [5.41, 5.74) is 3.92. The number of benzene rings is 2. The van der Waals surface area contributed by atoms with Crippen LogP contribution in [0.5, 0.6) is 5.75 Å². The number of halogens is 1. The molecule has 0 saturated heterocycles. The number of aromatic amines is 1. The average Bonchev–Trinajstić information content (AvgIpc) is 2.73. The molecule has 0 atom stereocenters. The highest BCUT2D eigenvalue weighted by molar-refractivity contribution is 9.09. The van der Waals surface area contributed by atoms with E-state index >= 15 is 0 Å². The Balaban J connectivity index is 1.82. The number of anilines is 1. The quantitative estimate of drug-likeness (QED) is 0.334. The zero-order chi connectivity index (χ0) is 19.8. The predicted octanol–water partition coefficient (Wildman–Crippen LogP) is 3.53. The number of hydrogen-bond acceptors (Lipinski definition) is 6. The van der Waals surface area contributed by atoms with Crippen molar-refractivity contribution < 1.29 is 4.74 Å². The lowest BCUT2D eigenvalue weighted by Crippen LogP contribution is -2.16. The molecule has 28 heavy (non-hydrogen) atoms. The minimum absolute atomic E-state index is 0.0441. The maximum absolute atomic E-state index is 12.2. The molecule has 140 valence electrons. The summed E-state index contributed by atoms with van der Waals surface area (Å²) in [5, 5.41) is 14.1. The normalized spacial score (nSPS) is 10.6. The first-order chi connectivity index (χ1) is 13.7. The van der Waals surface area contributed by atoms with Gasteiger partial charge in [-0.2, -0.15) is 10.4 Å². The van der Waals surface area contributed by atoms with E-state index in [0.29, 0.717) is 17.9 Å². The van der Waals surface area contributed by atoms with Crippen LogP contribution in [0.15, 0.2) is 64.5 Å². The molecule has 0 fully saturated rings. The molecule has 0 aliphatic carbocycles. The molecule has 0 unspecified atom stereocenters. The van der Waals surface area contributed by atoms with Crippen LogP contribution in [0.25, 0.3) is 11.3 Å². The summed E-state index contributed by atoms with van der Waals surface area (Å²) in [6.07, 6.45) is 1.58. The zero-order valence-electron chi connectivity index (χ0n) is 14.7. The fraction of sp³-hybridized carbons (Fsp3) is 0.100. The molecular formula is C20H16BrN5O2. The van der Waals surface area contributed by atoms with Crippen LogP contribution in [-0.4, -0.2) is 28.1 Å². The predicted molar refractivity (Wildman–Crippen MR) is 112 cm³/mol.